The molecule has 3 spiro atoms. The molecule has 0 bridgehead atoms. The summed E-state index contributed by atoms with van der Waals surface area (Å²) in [4.78, 5) is 14.3. The topological polar surface area (TPSA) is 103 Å². The Hall–Kier alpha value is -14.6. The molecule has 20 heterocycles. The molecule has 3 atom stereocenters. The Morgan fingerprint density at radius 1 is 0.299 bits per heavy atom. The molecule has 0 radical (unpaired) electrons. The Kier molecular flexibility index (Phi) is 8.19. The van der Waals surface area contributed by atoms with E-state index in [0.717, 1.165) is 73.1 Å². The largest absolute Gasteiger partial charge is 0.456 e. The summed E-state index contributed by atoms with van der Waals surface area (Å²) in [5, 5.41) is 21.0. The monoisotopic (exact) mass is 1370 g/mol. The van der Waals surface area contributed by atoms with Crippen LogP contribution in [-0.2, 0) is 17.0 Å². The molecule has 12 aromatic carbocycles. The van der Waals surface area contributed by atoms with Gasteiger partial charge in [0.2, 0.25) is 16.6 Å². The zero-order valence-electron chi connectivity index (χ0n) is 56.1. The van der Waals surface area contributed by atoms with Gasteiger partial charge in [-0.25, -0.2) is 9.97 Å². The third kappa shape index (κ3) is 5.16. The fourth-order valence-electron chi connectivity index (χ4n) is 22.6. The predicted molar refractivity (Wildman–Crippen MR) is 406 cm³/mol. The maximum atomic E-state index is 6.75. The highest BCUT2D eigenvalue weighted by Crippen LogP contribution is 2.62. The van der Waals surface area contributed by atoms with Gasteiger partial charge in [-0.3, -0.25) is 4.98 Å². The molecule has 0 N–H and O–H groups in total. The average molecular weight is 1370 g/mol. The lowest BCUT2D eigenvalue weighted by atomic mass is 9.85. The van der Waals surface area contributed by atoms with Crippen molar-refractivity contribution in [3.63, 3.8) is 0 Å². The van der Waals surface area contributed by atoms with Crippen LogP contribution >= 0.6 is 0 Å². The first-order valence-corrected chi connectivity index (χ1v) is 36.5. The lowest BCUT2D eigenvalue weighted by molar-refractivity contribution is -0.944. The number of para-hydroxylation sites is 5. The number of aromatic nitrogens is 12. The van der Waals surface area contributed by atoms with Crippen LogP contribution in [0.4, 0.5) is 0 Å². The molecule has 3 unspecified atom stereocenters. The fraction of sp³-hybridized carbons (Fsp3) is 0.0326. The lowest BCUT2D eigenvalue weighted by Gasteiger charge is -2.28. The van der Waals surface area contributed by atoms with E-state index in [1.54, 1.807) is 12.4 Å². The molecule has 9 aliphatic rings. The Bertz CT molecular complexity index is 8270. The second kappa shape index (κ2) is 16.7. The molecule has 0 aliphatic carbocycles. The van der Waals surface area contributed by atoms with E-state index < -0.39 is 17.0 Å². The van der Waals surface area contributed by atoms with Crippen LogP contribution in [0.5, 0.6) is 34.5 Å². The summed E-state index contributed by atoms with van der Waals surface area (Å²) in [6.07, 6.45) is 18.7. The second-order valence-corrected chi connectivity index (χ2v) is 30.1. The zero-order valence-corrected chi connectivity index (χ0v) is 56.1. The summed E-state index contributed by atoms with van der Waals surface area (Å²) in [6.45, 7) is 0. The van der Waals surface area contributed by atoms with E-state index in [1.807, 2.05) is 12.4 Å². The maximum Gasteiger partial charge on any atom is 0.372 e. The summed E-state index contributed by atoms with van der Waals surface area (Å²) in [7, 11) is 0. The summed E-state index contributed by atoms with van der Waals surface area (Å²) in [6, 6.07) is 81.1. The van der Waals surface area contributed by atoms with Crippen LogP contribution in [0.1, 0.15) is 33.4 Å². The van der Waals surface area contributed by atoms with E-state index in [4.69, 9.17) is 24.2 Å². The van der Waals surface area contributed by atoms with Gasteiger partial charge in [-0.15, -0.1) is 22.8 Å². The standard InChI is InChI=1S/C32H16N4O.C31H15N5O.C29H15N3O/c1-2-6-23-22(5-1)35-21-13-14-33-16-20(21)19-10-12-25-29-27(19)31(35)36(23)32(29)28-24(37-25)11-9-17-7-8-18-4-3-15-34(32)30(18)26(17)28;1-2-6-20-19(5-1)35-29-27(32-13-14-33-29)18-10-12-22-26-24(18)30(35)36(20)31(26)25-21(37-22)11-9-16-7-8-17-4-3-15-34(31)28(17)23(16)25;1-2-6-20-18(5-1)19-10-12-22-26-24(19)28-30(20)14-15-32(28)29(26)25-21(33-22)11-9-16-7-8-17-4-3-13-31(29)27(17)23(16)25/h1-16H;1-15H;1-15H/q3*+2. The number of fused-ring (bicyclic) bond motifs is 15. The number of ether oxygens (including phenoxy) is 3. The van der Waals surface area contributed by atoms with E-state index in [2.05, 4.69) is 301 Å². The van der Waals surface area contributed by atoms with E-state index in [1.165, 1.54) is 164 Å². The van der Waals surface area contributed by atoms with Crippen LogP contribution in [0.3, 0.4) is 0 Å². The summed E-state index contributed by atoms with van der Waals surface area (Å²) < 4.78 is 42.3. The van der Waals surface area contributed by atoms with Crippen molar-refractivity contribution in [1.29, 1.82) is 0 Å². The Labute approximate surface area is 600 Å². The molecule has 0 saturated carbocycles. The molecule has 15 heteroatoms. The molecule has 32 rings (SSSR count). The Morgan fingerprint density at radius 2 is 0.738 bits per heavy atom. The van der Waals surface area contributed by atoms with Crippen LogP contribution < -0.4 is 41.6 Å². The average Bonchev–Trinajstić information content (AvgIpc) is 1.47. The minimum atomic E-state index is -0.612. The van der Waals surface area contributed by atoms with Gasteiger partial charge in [0.1, 0.15) is 96.8 Å². The lowest BCUT2D eigenvalue weighted by Crippen LogP contribution is -2.72. The third-order valence-electron chi connectivity index (χ3n) is 26.0. The van der Waals surface area contributed by atoms with Crippen molar-refractivity contribution in [2.24, 2.45) is 0 Å². The SMILES string of the molecule is c1ccc2c(c1)c1ccc3c4c1c1n2cc[n+]1C41c2c(ccc4ccc5ccc[n+]1c5c24)O3.c1ccc2c(c1)n1c3ccncc3c3ccc4c5c3c1[n+]2C51c2c(ccc3ccc5ccc[n+]1c5c23)O4.c1ccc2c(c1)n1c3nccnc3c3ccc4c5c3c1[n+]2C51c2c(ccc3ccc5ccc[n+]1c5c23)O4. The van der Waals surface area contributed by atoms with Crippen LogP contribution in [-0.4, -0.2) is 28.2 Å². The summed E-state index contributed by atoms with van der Waals surface area (Å²) in [5.41, 5.74) is 21.9. The molecule has 486 valence electrons. The molecule has 11 aromatic heterocycles. The van der Waals surface area contributed by atoms with Crippen molar-refractivity contribution >= 4 is 169 Å². The van der Waals surface area contributed by atoms with E-state index in [-0.39, 0.29) is 0 Å². The van der Waals surface area contributed by atoms with Gasteiger partial charge in [0.15, 0.2) is 40.7 Å². The number of pyridine rings is 7. The first kappa shape index (κ1) is 52.4. The molecule has 0 saturated heterocycles. The van der Waals surface area contributed by atoms with Gasteiger partial charge in [0.05, 0.1) is 32.3 Å². The van der Waals surface area contributed by atoms with Crippen LogP contribution in [0.25, 0.3) is 169 Å². The van der Waals surface area contributed by atoms with Crippen LogP contribution in [0, 0.1) is 0 Å². The third-order valence-corrected chi connectivity index (χ3v) is 26.0. The number of hydrogen-bond donors (Lipinski definition) is 0. The van der Waals surface area contributed by atoms with E-state index >= 15 is 0 Å². The molecular weight excluding hydrogens is 1320 g/mol. The minimum absolute atomic E-state index is 0.487. The number of hydrogen-bond acceptors (Lipinski definition) is 6. The highest BCUT2D eigenvalue weighted by Gasteiger charge is 2.71. The molecule has 15 nitrogen and oxygen atoms in total. The van der Waals surface area contributed by atoms with Gasteiger partial charge in [-0.2, -0.15) is 17.8 Å². The maximum absolute atomic E-state index is 6.75. The van der Waals surface area contributed by atoms with Crippen LogP contribution in [0.15, 0.2) is 280 Å². The van der Waals surface area contributed by atoms with Crippen molar-refractivity contribution in [2.75, 3.05) is 0 Å². The van der Waals surface area contributed by atoms with Crippen LogP contribution in [0.2, 0.25) is 0 Å². The quantitative estimate of drug-likeness (QED) is 0.111. The minimum Gasteiger partial charge on any atom is -0.456 e. The van der Waals surface area contributed by atoms with Crippen molar-refractivity contribution < 1.29 is 41.6 Å². The van der Waals surface area contributed by atoms with Gasteiger partial charge in [0, 0.05) is 92.1 Å². The summed E-state index contributed by atoms with van der Waals surface area (Å²) >= 11 is 0. The first-order valence-electron chi connectivity index (χ1n) is 36.5. The zero-order chi connectivity index (χ0) is 68.3. The number of benzene rings is 12. The van der Waals surface area contributed by atoms with Gasteiger partial charge in [-0.05, 0) is 137 Å². The van der Waals surface area contributed by atoms with E-state index in [0.29, 0.717) is 0 Å². The smallest absolute Gasteiger partial charge is 0.372 e. The highest BCUT2D eigenvalue weighted by atomic mass is 16.5. The Balaban J connectivity index is 0.0000000838. The normalized spacial score (nSPS) is 18.2. The highest BCUT2D eigenvalue weighted by molar-refractivity contribution is 6.20. The molecule has 23 aromatic rings. The van der Waals surface area contributed by atoms with Gasteiger partial charge in [-0.1, -0.05) is 78.9 Å². The molecule has 0 amide bonds. The molecular formula is C92H46N12O3+6. The molecule has 0 fully saturated rings. The van der Waals surface area contributed by atoms with Crippen molar-refractivity contribution in [3.8, 4) is 34.5 Å². The fourth-order valence-corrected chi connectivity index (χ4v) is 22.6. The number of nitrogens with zero attached hydrogens (tertiary/aromatic N) is 12. The van der Waals surface area contributed by atoms with E-state index in [9.17, 15) is 0 Å². The molecule has 107 heavy (non-hydrogen) atoms. The molecule has 9 aliphatic heterocycles. The van der Waals surface area contributed by atoms with Gasteiger partial charge < -0.3 is 14.2 Å². The summed E-state index contributed by atoms with van der Waals surface area (Å²) in [5.74, 6) is 5.58. The number of rotatable bonds is 0. The van der Waals surface area contributed by atoms with Gasteiger partial charge in [0.25, 0.3) is 5.65 Å². The van der Waals surface area contributed by atoms with Crippen molar-refractivity contribution in [3.05, 3.63) is 314 Å². The Morgan fingerprint density at radius 3 is 1.34 bits per heavy atom. The van der Waals surface area contributed by atoms with Crippen molar-refractivity contribution in [2.45, 2.75) is 17.0 Å². The number of imidazole rings is 3. The predicted octanol–water partition coefficient (Wildman–Crippen LogP) is 16.0. The first-order chi connectivity index (χ1) is 53.1. The van der Waals surface area contributed by atoms with Crippen molar-refractivity contribution in [1.82, 2.24) is 28.2 Å². The van der Waals surface area contributed by atoms with Gasteiger partial charge >= 0.3 is 33.9 Å². The second-order valence-electron chi connectivity index (χ2n) is 30.1.